The minimum Gasteiger partial charge on any atom is -0.385 e. The molecule has 1 amide bonds. The number of carbonyl (C=O) groups is 1. The van der Waals surface area contributed by atoms with Gasteiger partial charge in [0.2, 0.25) is 5.91 Å². The van der Waals surface area contributed by atoms with Crippen LogP contribution < -0.4 is 5.73 Å². The van der Waals surface area contributed by atoms with E-state index in [1.807, 2.05) is 4.90 Å². The molecular weight excluding hydrogens is 228 g/mol. The first-order valence-electron chi connectivity index (χ1n) is 6.99. The summed E-state index contributed by atoms with van der Waals surface area (Å²) in [6.45, 7) is 6.94. The molecule has 0 aromatic carbocycles. The molecule has 1 aliphatic heterocycles. The van der Waals surface area contributed by atoms with Crippen LogP contribution in [0, 0.1) is 5.41 Å². The highest BCUT2D eigenvalue weighted by Crippen LogP contribution is 2.29. The molecule has 1 atom stereocenters. The van der Waals surface area contributed by atoms with E-state index in [0.717, 1.165) is 32.4 Å². The molecule has 4 heteroatoms. The molecule has 106 valence electrons. The van der Waals surface area contributed by atoms with Crippen LogP contribution in [0.2, 0.25) is 0 Å². The summed E-state index contributed by atoms with van der Waals surface area (Å²) in [5, 5.41) is 0. The van der Waals surface area contributed by atoms with Crippen molar-refractivity contribution in [2.24, 2.45) is 11.1 Å². The number of nitrogens with zero attached hydrogens (tertiary/aromatic N) is 1. The minimum atomic E-state index is -0.360. The van der Waals surface area contributed by atoms with Gasteiger partial charge in [-0.1, -0.05) is 13.8 Å². The van der Waals surface area contributed by atoms with Crippen LogP contribution >= 0.6 is 0 Å². The van der Waals surface area contributed by atoms with E-state index in [4.69, 9.17) is 10.5 Å². The molecule has 0 aromatic rings. The molecule has 2 N–H and O–H groups in total. The van der Waals surface area contributed by atoms with Crippen molar-refractivity contribution in [1.82, 2.24) is 4.90 Å². The maximum Gasteiger partial charge on any atom is 0.239 e. The minimum absolute atomic E-state index is 0.115. The van der Waals surface area contributed by atoms with Crippen LogP contribution in [0.25, 0.3) is 0 Å². The summed E-state index contributed by atoms with van der Waals surface area (Å²) in [6.07, 6.45) is 4.91. The first-order valence-corrected chi connectivity index (χ1v) is 6.99. The summed E-state index contributed by atoms with van der Waals surface area (Å²) in [4.78, 5) is 14.2. The fraction of sp³-hybridized carbons (Fsp3) is 0.929. The summed E-state index contributed by atoms with van der Waals surface area (Å²) >= 11 is 0. The van der Waals surface area contributed by atoms with Crippen molar-refractivity contribution in [2.75, 3.05) is 26.8 Å². The Kier molecular flexibility index (Phi) is 6.09. The van der Waals surface area contributed by atoms with Crippen molar-refractivity contribution in [3.63, 3.8) is 0 Å². The van der Waals surface area contributed by atoms with Gasteiger partial charge >= 0.3 is 0 Å². The smallest absolute Gasteiger partial charge is 0.239 e. The molecule has 1 rings (SSSR count). The monoisotopic (exact) mass is 256 g/mol. The topological polar surface area (TPSA) is 55.6 Å². The second-order valence-electron chi connectivity index (χ2n) is 6.08. The van der Waals surface area contributed by atoms with Crippen LogP contribution in [-0.2, 0) is 9.53 Å². The van der Waals surface area contributed by atoms with Gasteiger partial charge in [0.15, 0.2) is 0 Å². The first kappa shape index (κ1) is 15.4. The van der Waals surface area contributed by atoms with Crippen LogP contribution in [0.1, 0.15) is 46.0 Å². The Morgan fingerprint density at radius 3 is 2.78 bits per heavy atom. The number of hydrogen-bond acceptors (Lipinski definition) is 3. The molecule has 1 fully saturated rings. The van der Waals surface area contributed by atoms with Gasteiger partial charge in [-0.3, -0.25) is 4.79 Å². The van der Waals surface area contributed by atoms with Crippen molar-refractivity contribution >= 4 is 5.91 Å². The summed E-state index contributed by atoms with van der Waals surface area (Å²) in [5.74, 6) is 0.115. The molecule has 18 heavy (non-hydrogen) atoms. The average Bonchev–Trinajstić information content (AvgIpc) is 2.49. The van der Waals surface area contributed by atoms with Gasteiger partial charge in [0.25, 0.3) is 0 Å². The molecule has 1 heterocycles. The second-order valence-corrected chi connectivity index (χ2v) is 6.08. The van der Waals surface area contributed by atoms with Gasteiger partial charge in [0.05, 0.1) is 6.04 Å². The Balaban J connectivity index is 2.41. The van der Waals surface area contributed by atoms with Crippen LogP contribution in [0.5, 0.6) is 0 Å². The highest BCUT2D eigenvalue weighted by Gasteiger charge is 2.27. The fourth-order valence-corrected chi connectivity index (χ4v) is 2.45. The molecule has 1 saturated heterocycles. The summed E-state index contributed by atoms with van der Waals surface area (Å²) in [5.41, 5.74) is 6.32. The van der Waals surface area contributed by atoms with Crippen molar-refractivity contribution in [2.45, 2.75) is 52.0 Å². The van der Waals surface area contributed by atoms with Gasteiger partial charge in [-0.25, -0.2) is 0 Å². The van der Waals surface area contributed by atoms with Crippen molar-refractivity contribution < 1.29 is 9.53 Å². The van der Waals surface area contributed by atoms with Gasteiger partial charge < -0.3 is 15.4 Å². The lowest BCUT2D eigenvalue weighted by Crippen LogP contribution is -2.44. The van der Waals surface area contributed by atoms with E-state index in [1.54, 1.807) is 7.11 Å². The molecule has 0 aromatic heterocycles. The Morgan fingerprint density at radius 1 is 1.39 bits per heavy atom. The van der Waals surface area contributed by atoms with Crippen LogP contribution in [-0.4, -0.2) is 43.7 Å². The molecule has 4 nitrogen and oxygen atoms in total. The third-order valence-electron chi connectivity index (χ3n) is 3.83. The van der Waals surface area contributed by atoms with E-state index in [9.17, 15) is 4.79 Å². The Hall–Kier alpha value is -0.610. The molecule has 0 saturated carbocycles. The molecule has 0 radical (unpaired) electrons. The summed E-state index contributed by atoms with van der Waals surface area (Å²) in [6, 6.07) is -0.360. The lowest BCUT2D eigenvalue weighted by Gasteiger charge is -2.25. The van der Waals surface area contributed by atoms with E-state index in [-0.39, 0.29) is 11.9 Å². The van der Waals surface area contributed by atoms with Gasteiger partial charge in [-0.15, -0.1) is 0 Å². The van der Waals surface area contributed by atoms with E-state index < -0.39 is 0 Å². The van der Waals surface area contributed by atoms with Crippen molar-refractivity contribution in [3.05, 3.63) is 0 Å². The average molecular weight is 256 g/mol. The van der Waals surface area contributed by atoms with Crippen LogP contribution in [0.4, 0.5) is 0 Å². The highest BCUT2D eigenvalue weighted by atomic mass is 16.5. The van der Waals surface area contributed by atoms with E-state index in [2.05, 4.69) is 13.8 Å². The normalized spacial score (nSPS) is 21.4. The molecule has 1 aliphatic rings. The lowest BCUT2D eigenvalue weighted by atomic mass is 9.85. The standard InChI is InChI=1S/C14H28N2O2/c1-14(2)7-5-9-16(10-8-14)13(17)12(15)6-4-11-18-3/h12H,4-11,15H2,1-3H3. The Labute approximate surface area is 111 Å². The van der Waals surface area contributed by atoms with Gasteiger partial charge in [0.1, 0.15) is 0 Å². The Bertz CT molecular complexity index is 267. The number of hydrogen-bond donors (Lipinski definition) is 1. The zero-order valence-electron chi connectivity index (χ0n) is 12.1. The number of rotatable bonds is 5. The molecular formula is C14H28N2O2. The molecule has 0 bridgehead atoms. The van der Waals surface area contributed by atoms with E-state index >= 15 is 0 Å². The lowest BCUT2D eigenvalue weighted by molar-refractivity contribution is -0.132. The third-order valence-corrected chi connectivity index (χ3v) is 3.83. The van der Waals surface area contributed by atoms with Gasteiger partial charge in [-0.05, 0) is 37.5 Å². The maximum absolute atomic E-state index is 12.2. The second kappa shape index (κ2) is 7.10. The number of amides is 1. The molecule has 0 spiro atoms. The zero-order valence-corrected chi connectivity index (χ0v) is 12.1. The van der Waals surface area contributed by atoms with E-state index in [0.29, 0.717) is 18.4 Å². The Morgan fingerprint density at radius 2 is 2.11 bits per heavy atom. The number of carbonyl (C=O) groups excluding carboxylic acids is 1. The maximum atomic E-state index is 12.2. The first-order chi connectivity index (χ1) is 8.46. The number of methoxy groups -OCH3 is 1. The van der Waals surface area contributed by atoms with Crippen molar-refractivity contribution in [1.29, 1.82) is 0 Å². The van der Waals surface area contributed by atoms with E-state index in [1.165, 1.54) is 6.42 Å². The predicted molar refractivity (Wildman–Crippen MR) is 73.3 cm³/mol. The van der Waals surface area contributed by atoms with Gasteiger partial charge in [-0.2, -0.15) is 0 Å². The van der Waals surface area contributed by atoms with Crippen LogP contribution in [0.3, 0.4) is 0 Å². The SMILES string of the molecule is COCCCC(N)C(=O)N1CCCC(C)(C)CC1. The van der Waals surface area contributed by atoms with Crippen LogP contribution in [0.15, 0.2) is 0 Å². The third kappa shape index (κ3) is 4.94. The molecule has 1 unspecified atom stereocenters. The van der Waals surface area contributed by atoms with Gasteiger partial charge in [0, 0.05) is 26.8 Å². The quantitative estimate of drug-likeness (QED) is 0.763. The predicted octanol–water partition coefficient (Wildman–Crippen LogP) is 1.78. The fourth-order valence-electron chi connectivity index (χ4n) is 2.45. The summed E-state index contributed by atoms with van der Waals surface area (Å²) in [7, 11) is 1.67. The highest BCUT2D eigenvalue weighted by molar-refractivity contribution is 5.81. The largest absolute Gasteiger partial charge is 0.385 e. The molecule has 0 aliphatic carbocycles. The number of ether oxygens (including phenoxy) is 1. The number of likely N-dealkylation sites (tertiary alicyclic amines) is 1. The summed E-state index contributed by atoms with van der Waals surface area (Å²) < 4.78 is 4.98. The van der Waals surface area contributed by atoms with Crippen molar-refractivity contribution in [3.8, 4) is 0 Å². The zero-order chi connectivity index (χ0) is 13.6. The number of nitrogens with two attached hydrogens (primary N) is 1.